The van der Waals surface area contributed by atoms with Crippen LogP contribution >= 0.6 is 0 Å². The number of rotatable bonds is 5. The van der Waals surface area contributed by atoms with Crippen molar-refractivity contribution in [1.82, 2.24) is 20.1 Å². The molecule has 0 spiro atoms. The second kappa shape index (κ2) is 8.56. The number of pyridine rings is 1. The molecule has 8 nitrogen and oxygen atoms in total. The highest BCUT2D eigenvalue weighted by molar-refractivity contribution is 5.90. The van der Waals surface area contributed by atoms with E-state index in [-0.39, 0.29) is 17.5 Å². The number of piperazine rings is 1. The lowest BCUT2D eigenvalue weighted by Gasteiger charge is -2.56. The number of fused-ring (bicyclic) bond motifs is 1. The summed E-state index contributed by atoms with van der Waals surface area (Å²) in [6.45, 7) is 5.83. The van der Waals surface area contributed by atoms with Crippen molar-refractivity contribution < 1.29 is 18.7 Å². The minimum Gasteiger partial charge on any atom is -0.450 e. The van der Waals surface area contributed by atoms with Crippen LogP contribution in [-0.4, -0.2) is 65.1 Å². The number of carbonyl (C=O) groups is 2. The molecule has 2 N–H and O–H groups in total. The van der Waals surface area contributed by atoms with Crippen LogP contribution in [0, 0.1) is 17.8 Å². The van der Waals surface area contributed by atoms with E-state index in [9.17, 15) is 9.59 Å². The lowest BCUT2D eigenvalue weighted by molar-refractivity contribution is -0.514. The lowest BCUT2D eigenvalue weighted by atomic mass is 9.53. The SMILES string of the molecule is CCOC(=O)N1CCN(Cc2[nH]c(C(=O)NC34CC5CC(CC(C5)C3)C4)[n+]3ccccc23)CC1. The molecular weight excluding hydrogens is 430 g/mol. The molecule has 182 valence electrons. The fourth-order valence-electron chi connectivity index (χ4n) is 7.53. The number of carbonyl (C=O) groups excluding carboxylic acids is 2. The molecule has 4 aliphatic carbocycles. The van der Waals surface area contributed by atoms with Gasteiger partial charge in [-0.2, -0.15) is 4.40 Å². The minimum atomic E-state index is -0.230. The van der Waals surface area contributed by atoms with Gasteiger partial charge < -0.3 is 15.0 Å². The number of H-pyrrole nitrogens is 1. The Bertz CT molecular complexity index is 1050. The summed E-state index contributed by atoms with van der Waals surface area (Å²) in [6, 6.07) is 6.07. The quantitative estimate of drug-likeness (QED) is 0.664. The Balaban J connectivity index is 1.18. The zero-order valence-electron chi connectivity index (χ0n) is 20.1. The lowest BCUT2D eigenvalue weighted by Crippen LogP contribution is -2.60. The molecule has 2 aromatic heterocycles. The summed E-state index contributed by atoms with van der Waals surface area (Å²) in [7, 11) is 0. The molecular formula is C26H36N5O3+. The van der Waals surface area contributed by atoms with Gasteiger partial charge in [0, 0.05) is 31.7 Å². The van der Waals surface area contributed by atoms with Gasteiger partial charge in [0.1, 0.15) is 0 Å². The standard InChI is InChI=1S/C26H35N5O3/c1-2-34-25(33)30-9-7-29(8-10-30)17-21-22-5-3-4-6-31(22)23(27-21)24(32)28-26-14-18-11-19(15-26)13-20(12-18)16-26/h3-6,18-20H,2,7-17H2,1H3,(H,28,32)/p+1. The van der Waals surface area contributed by atoms with E-state index in [1.807, 2.05) is 29.7 Å². The van der Waals surface area contributed by atoms with Gasteiger partial charge in [0.2, 0.25) is 0 Å². The van der Waals surface area contributed by atoms with Gasteiger partial charge in [-0.05, 0) is 75.3 Å². The molecule has 2 amide bonds. The van der Waals surface area contributed by atoms with Gasteiger partial charge in [0.25, 0.3) is 0 Å². The van der Waals surface area contributed by atoms with Gasteiger partial charge in [0.15, 0.2) is 11.2 Å². The van der Waals surface area contributed by atoms with Gasteiger partial charge in [-0.25, -0.2) is 9.78 Å². The predicted molar refractivity (Wildman–Crippen MR) is 126 cm³/mol. The fraction of sp³-hybridized carbons (Fsp3) is 0.654. The Morgan fingerprint density at radius 3 is 2.41 bits per heavy atom. The maximum absolute atomic E-state index is 13.6. The zero-order chi connectivity index (χ0) is 23.3. The number of aromatic amines is 1. The van der Waals surface area contributed by atoms with Crippen LogP contribution in [0.3, 0.4) is 0 Å². The highest BCUT2D eigenvalue weighted by atomic mass is 16.6. The first kappa shape index (κ1) is 21.9. The first-order valence-corrected chi connectivity index (χ1v) is 13.0. The van der Waals surface area contributed by atoms with E-state index in [1.165, 1.54) is 19.3 Å². The number of imidazole rings is 1. The van der Waals surface area contributed by atoms with E-state index in [0.717, 1.165) is 67.9 Å². The van der Waals surface area contributed by atoms with Crippen molar-refractivity contribution in [3.8, 4) is 0 Å². The highest BCUT2D eigenvalue weighted by Gasteiger charge is 2.52. The van der Waals surface area contributed by atoms with E-state index >= 15 is 0 Å². The number of amides is 2. The number of ether oxygens (including phenoxy) is 1. The average molecular weight is 467 g/mol. The van der Waals surface area contributed by atoms with E-state index in [2.05, 4.69) is 21.3 Å². The highest BCUT2D eigenvalue weighted by Crippen LogP contribution is 2.55. The second-order valence-corrected chi connectivity index (χ2v) is 11.0. The Morgan fingerprint density at radius 2 is 1.76 bits per heavy atom. The Kier molecular flexibility index (Phi) is 5.51. The smallest absolute Gasteiger partial charge is 0.409 e. The molecule has 4 saturated carbocycles. The maximum Gasteiger partial charge on any atom is 0.409 e. The molecule has 0 radical (unpaired) electrons. The number of hydrogen-bond acceptors (Lipinski definition) is 4. The number of nitrogens with zero attached hydrogens (tertiary/aromatic N) is 3. The van der Waals surface area contributed by atoms with E-state index in [0.29, 0.717) is 25.5 Å². The molecule has 4 bridgehead atoms. The van der Waals surface area contributed by atoms with Crippen molar-refractivity contribution in [1.29, 1.82) is 0 Å². The van der Waals surface area contributed by atoms with Crippen LogP contribution in [0.1, 0.15) is 61.8 Å². The van der Waals surface area contributed by atoms with Gasteiger partial charge in [0.05, 0.1) is 19.3 Å². The summed E-state index contributed by atoms with van der Waals surface area (Å²) >= 11 is 0. The van der Waals surface area contributed by atoms with Crippen LogP contribution in [0.2, 0.25) is 0 Å². The first-order valence-electron chi connectivity index (χ1n) is 13.0. The van der Waals surface area contributed by atoms with Gasteiger partial charge in [-0.15, -0.1) is 0 Å². The second-order valence-electron chi connectivity index (χ2n) is 11.0. The topological polar surface area (TPSA) is 81.8 Å². The Morgan fingerprint density at radius 1 is 1.09 bits per heavy atom. The largest absolute Gasteiger partial charge is 0.450 e. The normalized spacial score (nSPS) is 30.6. The molecule has 7 rings (SSSR count). The van der Waals surface area contributed by atoms with Crippen molar-refractivity contribution in [3.63, 3.8) is 0 Å². The molecule has 34 heavy (non-hydrogen) atoms. The molecule has 3 heterocycles. The van der Waals surface area contributed by atoms with Crippen LogP contribution in [0.15, 0.2) is 24.4 Å². The molecule has 1 saturated heterocycles. The summed E-state index contributed by atoms with van der Waals surface area (Å²) < 4.78 is 7.14. The van der Waals surface area contributed by atoms with Crippen LogP contribution < -0.4 is 9.72 Å². The van der Waals surface area contributed by atoms with Gasteiger partial charge in [-0.3, -0.25) is 9.69 Å². The summed E-state index contributed by atoms with van der Waals surface area (Å²) in [5.74, 6) is 3.02. The third-order valence-electron chi connectivity index (χ3n) is 8.59. The molecule has 0 atom stereocenters. The number of nitrogens with one attached hydrogen (secondary N) is 2. The maximum atomic E-state index is 13.6. The molecule has 0 unspecified atom stereocenters. The molecule has 8 heteroatoms. The summed E-state index contributed by atoms with van der Waals surface area (Å²) in [5.41, 5.74) is 2.06. The molecule has 0 aromatic carbocycles. The van der Waals surface area contributed by atoms with Crippen molar-refractivity contribution in [2.45, 2.75) is 57.5 Å². The van der Waals surface area contributed by atoms with Crippen LogP contribution in [0.4, 0.5) is 4.79 Å². The van der Waals surface area contributed by atoms with Crippen LogP contribution in [-0.2, 0) is 11.3 Å². The monoisotopic (exact) mass is 466 g/mol. The molecule has 5 aliphatic rings. The summed E-state index contributed by atoms with van der Waals surface area (Å²) in [4.78, 5) is 33.2. The number of aromatic nitrogens is 2. The van der Waals surface area contributed by atoms with E-state index < -0.39 is 0 Å². The van der Waals surface area contributed by atoms with Crippen molar-refractivity contribution in [3.05, 3.63) is 35.9 Å². The van der Waals surface area contributed by atoms with Gasteiger partial charge >= 0.3 is 17.8 Å². The molecule has 5 fully saturated rings. The minimum absolute atomic E-state index is 0.0117. The first-order chi connectivity index (χ1) is 16.5. The molecule has 1 aliphatic heterocycles. The summed E-state index contributed by atoms with van der Waals surface area (Å²) in [5, 5.41) is 3.52. The predicted octanol–water partition coefficient (Wildman–Crippen LogP) is 2.73. The number of hydrogen-bond donors (Lipinski definition) is 2. The van der Waals surface area contributed by atoms with Crippen LogP contribution in [0.25, 0.3) is 5.52 Å². The Labute approximate surface area is 200 Å². The van der Waals surface area contributed by atoms with E-state index in [4.69, 9.17) is 4.74 Å². The third-order valence-corrected chi connectivity index (χ3v) is 8.59. The van der Waals surface area contributed by atoms with Crippen LogP contribution in [0.5, 0.6) is 0 Å². The fourth-order valence-corrected chi connectivity index (χ4v) is 7.53. The van der Waals surface area contributed by atoms with Crippen molar-refractivity contribution in [2.75, 3.05) is 32.8 Å². The third kappa shape index (κ3) is 3.96. The van der Waals surface area contributed by atoms with Gasteiger partial charge in [-0.1, -0.05) is 6.07 Å². The van der Waals surface area contributed by atoms with E-state index in [1.54, 1.807) is 4.90 Å². The average Bonchev–Trinajstić information content (AvgIpc) is 3.17. The summed E-state index contributed by atoms with van der Waals surface area (Å²) in [6.07, 6.45) is 9.27. The van der Waals surface area contributed by atoms with Crippen molar-refractivity contribution >= 4 is 17.5 Å². The molecule has 2 aromatic rings. The Hall–Kier alpha value is -2.61. The van der Waals surface area contributed by atoms with Crippen molar-refractivity contribution in [2.24, 2.45) is 17.8 Å². The zero-order valence-corrected chi connectivity index (χ0v) is 20.1.